The molecule has 13 heavy (non-hydrogen) atoms. The Balaban J connectivity index is 3.25. The zero-order chi connectivity index (χ0) is 10.0. The van der Waals surface area contributed by atoms with Crippen molar-refractivity contribution in [2.24, 2.45) is 5.73 Å². The van der Waals surface area contributed by atoms with Gasteiger partial charge in [0.15, 0.2) is 11.6 Å². The van der Waals surface area contributed by atoms with Crippen molar-refractivity contribution < 1.29 is 17.6 Å². The van der Waals surface area contributed by atoms with Crippen LogP contribution in [-0.2, 0) is 0 Å². The molecule has 0 saturated carbocycles. The highest BCUT2D eigenvalue weighted by Crippen LogP contribution is 2.24. The Labute approximate surface area is 72.2 Å². The van der Waals surface area contributed by atoms with E-state index < -0.39 is 35.7 Å². The van der Waals surface area contributed by atoms with Crippen LogP contribution in [-0.4, -0.2) is 6.54 Å². The lowest BCUT2D eigenvalue weighted by Gasteiger charge is -2.08. The second-order valence-electron chi connectivity index (χ2n) is 2.46. The summed E-state index contributed by atoms with van der Waals surface area (Å²) in [6.07, 6.45) is -2.02. The van der Waals surface area contributed by atoms with E-state index >= 15 is 0 Å². The molecule has 0 aliphatic carbocycles. The Kier molecular flexibility index (Phi) is 2.87. The Morgan fingerprint density at radius 2 is 1.69 bits per heavy atom. The van der Waals surface area contributed by atoms with Crippen LogP contribution in [0.1, 0.15) is 11.7 Å². The van der Waals surface area contributed by atoms with E-state index in [-0.39, 0.29) is 0 Å². The summed E-state index contributed by atoms with van der Waals surface area (Å²) >= 11 is 0. The predicted octanol–water partition coefficient (Wildman–Crippen LogP) is 2.07. The molecule has 1 unspecified atom stereocenters. The van der Waals surface area contributed by atoms with Gasteiger partial charge in [0, 0.05) is 6.54 Å². The van der Waals surface area contributed by atoms with E-state index in [1.165, 1.54) is 0 Å². The molecule has 1 aromatic carbocycles. The third kappa shape index (κ3) is 1.80. The van der Waals surface area contributed by atoms with Crippen LogP contribution < -0.4 is 5.73 Å². The van der Waals surface area contributed by atoms with Crippen LogP contribution in [0.2, 0.25) is 0 Å². The van der Waals surface area contributed by atoms with Crippen molar-refractivity contribution in [3.05, 3.63) is 35.1 Å². The molecule has 0 fully saturated rings. The molecule has 0 aliphatic heterocycles. The Morgan fingerprint density at radius 3 is 2.23 bits per heavy atom. The lowest BCUT2D eigenvalue weighted by Crippen LogP contribution is -2.12. The first-order valence-electron chi connectivity index (χ1n) is 3.55. The van der Waals surface area contributed by atoms with Crippen molar-refractivity contribution in [2.45, 2.75) is 6.17 Å². The van der Waals surface area contributed by atoms with E-state index in [9.17, 15) is 17.6 Å². The number of halogens is 4. The van der Waals surface area contributed by atoms with Crippen molar-refractivity contribution in [2.75, 3.05) is 6.54 Å². The molecule has 1 aromatic rings. The van der Waals surface area contributed by atoms with Crippen LogP contribution in [0, 0.1) is 17.5 Å². The number of hydrogen-bond acceptors (Lipinski definition) is 1. The second kappa shape index (κ2) is 3.74. The fraction of sp³-hybridized carbons (Fsp3) is 0.250. The first-order valence-corrected chi connectivity index (χ1v) is 3.55. The van der Waals surface area contributed by atoms with Gasteiger partial charge in [0.1, 0.15) is 12.0 Å². The first kappa shape index (κ1) is 9.98. The van der Waals surface area contributed by atoms with E-state index in [0.717, 1.165) is 0 Å². The summed E-state index contributed by atoms with van der Waals surface area (Å²) in [5.41, 5.74) is 3.92. The maximum Gasteiger partial charge on any atom is 0.167 e. The maximum absolute atomic E-state index is 12.8. The molecular formula is C8H7F4N. The summed E-state index contributed by atoms with van der Waals surface area (Å²) in [6.45, 7) is -0.586. The SMILES string of the molecule is NCC(F)c1c(F)ccc(F)c1F. The van der Waals surface area contributed by atoms with Crippen molar-refractivity contribution >= 4 is 0 Å². The van der Waals surface area contributed by atoms with Crippen LogP contribution in [0.5, 0.6) is 0 Å². The quantitative estimate of drug-likeness (QED) is 0.564. The average molecular weight is 193 g/mol. The molecule has 0 spiro atoms. The van der Waals surface area contributed by atoms with Gasteiger partial charge >= 0.3 is 0 Å². The minimum atomic E-state index is -2.02. The Hall–Kier alpha value is -1.10. The highest BCUT2D eigenvalue weighted by Gasteiger charge is 2.21. The zero-order valence-corrected chi connectivity index (χ0v) is 6.53. The normalized spacial score (nSPS) is 13.0. The molecule has 0 bridgehead atoms. The largest absolute Gasteiger partial charge is 0.327 e. The molecule has 0 aliphatic rings. The molecule has 0 amide bonds. The van der Waals surface area contributed by atoms with Gasteiger partial charge in [-0.05, 0) is 12.1 Å². The highest BCUT2D eigenvalue weighted by atomic mass is 19.2. The van der Waals surface area contributed by atoms with Gasteiger partial charge in [-0.15, -0.1) is 0 Å². The molecule has 1 nitrogen and oxygen atoms in total. The number of rotatable bonds is 2. The molecular weight excluding hydrogens is 186 g/mol. The summed E-state index contributed by atoms with van der Waals surface area (Å²) < 4.78 is 50.9. The number of alkyl halides is 1. The molecule has 1 atom stereocenters. The molecule has 72 valence electrons. The standard InChI is InChI=1S/C8H7F4N/c9-4-1-2-5(10)8(12)7(4)6(11)3-13/h1-2,6H,3,13H2. The molecule has 0 saturated heterocycles. The van der Waals surface area contributed by atoms with Crippen molar-refractivity contribution in [3.8, 4) is 0 Å². The van der Waals surface area contributed by atoms with Gasteiger partial charge in [-0.3, -0.25) is 0 Å². The minimum Gasteiger partial charge on any atom is -0.327 e. The number of hydrogen-bond donors (Lipinski definition) is 1. The summed E-state index contributed by atoms with van der Waals surface area (Å²) in [7, 11) is 0. The van der Waals surface area contributed by atoms with Crippen molar-refractivity contribution in [1.82, 2.24) is 0 Å². The summed E-state index contributed by atoms with van der Waals surface area (Å²) in [5.74, 6) is -3.93. The third-order valence-electron chi connectivity index (χ3n) is 1.60. The topological polar surface area (TPSA) is 26.0 Å². The van der Waals surface area contributed by atoms with E-state index in [2.05, 4.69) is 0 Å². The smallest absolute Gasteiger partial charge is 0.167 e. The molecule has 1 rings (SSSR count). The highest BCUT2D eigenvalue weighted by molar-refractivity contribution is 5.23. The van der Waals surface area contributed by atoms with Crippen molar-refractivity contribution in [3.63, 3.8) is 0 Å². The lowest BCUT2D eigenvalue weighted by molar-refractivity contribution is 0.322. The summed E-state index contributed by atoms with van der Waals surface area (Å²) in [4.78, 5) is 0. The van der Waals surface area contributed by atoms with Crippen LogP contribution in [0.15, 0.2) is 12.1 Å². The van der Waals surface area contributed by atoms with Gasteiger partial charge < -0.3 is 5.73 Å². The van der Waals surface area contributed by atoms with Gasteiger partial charge in [-0.1, -0.05) is 0 Å². The monoisotopic (exact) mass is 193 g/mol. The molecule has 5 heteroatoms. The maximum atomic E-state index is 12.8. The van der Waals surface area contributed by atoms with Crippen LogP contribution in [0.25, 0.3) is 0 Å². The Bertz CT molecular complexity index is 313. The molecule has 0 heterocycles. The molecule has 0 aromatic heterocycles. The molecule has 0 radical (unpaired) electrons. The number of benzene rings is 1. The van der Waals surface area contributed by atoms with Crippen LogP contribution in [0.4, 0.5) is 17.6 Å². The summed E-state index contributed by atoms with van der Waals surface area (Å²) in [6, 6.07) is 1.26. The number of nitrogens with two attached hydrogens (primary N) is 1. The van der Waals surface area contributed by atoms with Crippen LogP contribution in [0.3, 0.4) is 0 Å². The fourth-order valence-corrected chi connectivity index (χ4v) is 0.948. The van der Waals surface area contributed by atoms with Crippen molar-refractivity contribution in [1.29, 1.82) is 0 Å². The van der Waals surface area contributed by atoms with Gasteiger partial charge in [0.05, 0.1) is 5.56 Å². The summed E-state index contributed by atoms with van der Waals surface area (Å²) in [5, 5.41) is 0. The minimum absolute atomic E-state index is 0.586. The average Bonchev–Trinajstić information content (AvgIpc) is 2.12. The Morgan fingerprint density at radius 1 is 1.15 bits per heavy atom. The predicted molar refractivity (Wildman–Crippen MR) is 39.2 cm³/mol. The van der Waals surface area contributed by atoms with Gasteiger partial charge in [-0.25, -0.2) is 17.6 Å². The van der Waals surface area contributed by atoms with E-state index in [0.29, 0.717) is 12.1 Å². The van der Waals surface area contributed by atoms with Crippen LogP contribution >= 0.6 is 0 Å². The third-order valence-corrected chi connectivity index (χ3v) is 1.60. The lowest BCUT2D eigenvalue weighted by atomic mass is 10.1. The van der Waals surface area contributed by atoms with E-state index in [1.54, 1.807) is 0 Å². The zero-order valence-electron chi connectivity index (χ0n) is 6.53. The van der Waals surface area contributed by atoms with Gasteiger partial charge in [0.2, 0.25) is 0 Å². The van der Waals surface area contributed by atoms with E-state index in [1.807, 2.05) is 0 Å². The van der Waals surface area contributed by atoms with Gasteiger partial charge in [-0.2, -0.15) is 0 Å². The fourth-order valence-electron chi connectivity index (χ4n) is 0.948. The first-order chi connectivity index (χ1) is 6.07. The van der Waals surface area contributed by atoms with Gasteiger partial charge in [0.25, 0.3) is 0 Å². The molecule has 2 N–H and O–H groups in total. The van der Waals surface area contributed by atoms with E-state index in [4.69, 9.17) is 5.73 Å². The second-order valence-corrected chi connectivity index (χ2v) is 2.46.